The molecule has 0 fully saturated rings. The molecule has 0 aliphatic carbocycles. The summed E-state index contributed by atoms with van der Waals surface area (Å²) in [5.74, 6) is 0.660. The third-order valence-electron chi connectivity index (χ3n) is 2.96. The van der Waals surface area contributed by atoms with Crippen LogP contribution in [0.15, 0.2) is 30.7 Å². The molecule has 0 aliphatic heterocycles. The average molecular weight is 277 g/mol. The van der Waals surface area contributed by atoms with Crippen molar-refractivity contribution in [3.63, 3.8) is 0 Å². The molecule has 0 unspecified atom stereocenters. The van der Waals surface area contributed by atoms with Gasteiger partial charge in [-0.25, -0.2) is 9.97 Å². The zero-order chi connectivity index (χ0) is 13.8. The number of benzene rings is 1. The molecular weight excluding hydrogens is 260 g/mol. The van der Waals surface area contributed by atoms with Gasteiger partial charge in [0.15, 0.2) is 0 Å². The van der Waals surface area contributed by atoms with Crippen LogP contribution >= 0.6 is 11.6 Å². The number of nitrogens with one attached hydrogen (secondary N) is 1. The third-order valence-corrected chi connectivity index (χ3v) is 3.23. The van der Waals surface area contributed by atoms with E-state index in [2.05, 4.69) is 45.3 Å². The van der Waals surface area contributed by atoms with E-state index in [0.717, 1.165) is 0 Å². The van der Waals surface area contributed by atoms with Gasteiger partial charge in [-0.3, -0.25) is 0 Å². The molecule has 1 heterocycles. The first kappa shape index (κ1) is 13.6. The first-order valence-corrected chi connectivity index (χ1v) is 6.42. The number of aryl methyl sites for hydroxylation is 1. The average Bonchev–Trinajstić information content (AvgIpc) is 2.39. The zero-order valence-corrected chi connectivity index (χ0v) is 12.1. The predicted octanol–water partition coefficient (Wildman–Crippen LogP) is 3.12. The zero-order valence-electron chi connectivity index (χ0n) is 11.3. The van der Waals surface area contributed by atoms with Gasteiger partial charge in [0.1, 0.15) is 17.2 Å². The number of hydrogen-bond acceptors (Lipinski definition) is 4. The summed E-state index contributed by atoms with van der Waals surface area (Å²) in [4.78, 5) is 10.1. The van der Waals surface area contributed by atoms with E-state index in [4.69, 9.17) is 11.6 Å². The summed E-state index contributed by atoms with van der Waals surface area (Å²) >= 11 is 6.00. The molecule has 100 valence electrons. The van der Waals surface area contributed by atoms with Crippen LogP contribution in [0.2, 0.25) is 5.02 Å². The fourth-order valence-electron chi connectivity index (χ4n) is 1.78. The Labute approximate surface area is 118 Å². The molecule has 0 bridgehead atoms. The van der Waals surface area contributed by atoms with Gasteiger partial charge in [0.25, 0.3) is 0 Å². The molecule has 2 rings (SSSR count). The Hall–Kier alpha value is -1.81. The minimum atomic E-state index is 0.532. The topological polar surface area (TPSA) is 41.0 Å². The van der Waals surface area contributed by atoms with Gasteiger partial charge in [-0.2, -0.15) is 0 Å². The molecule has 0 atom stereocenters. The Morgan fingerprint density at radius 1 is 1.32 bits per heavy atom. The Morgan fingerprint density at radius 2 is 2.11 bits per heavy atom. The van der Waals surface area contributed by atoms with Gasteiger partial charge in [0, 0.05) is 26.3 Å². The van der Waals surface area contributed by atoms with Crippen molar-refractivity contribution in [1.82, 2.24) is 9.97 Å². The van der Waals surface area contributed by atoms with Gasteiger partial charge in [-0.15, -0.1) is 0 Å². The number of rotatable bonds is 4. The van der Waals surface area contributed by atoms with Crippen molar-refractivity contribution in [3.8, 4) is 0 Å². The monoisotopic (exact) mass is 276 g/mol. The minimum absolute atomic E-state index is 0.532. The minimum Gasteiger partial charge on any atom is -0.378 e. The highest BCUT2D eigenvalue weighted by atomic mass is 35.5. The molecule has 1 N–H and O–H groups in total. The molecule has 0 spiro atoms. The molecule has 5 heteroatoms. The highest BCUT2D eigenvalue weighted by Crippen LogP contribution is 2.20. The molecule has 1 aromatic carbocycles. The molecule has 0 radical (unpaired) electrons. The number of nitrogens with zero attached hydrogens (tertiary/aromatic N) is 3. The van der Waals surface area contributed by atoms with Crippen LogP contribution in [0.5, 0.6) is 0 Å². The van der Waals surface area contributed by atoms with Crippen LogP contribution < -0.4 is 10.2 Å². The van der Waals surface area contributed by atoms with Crippen molar-refractivity contribution in [3.05, 3.63) is 46.9 Å². The maximum absolute atomic E-state index is 6.00. The Bertz CT molecular complexity index is 569. The number of halogens is 1. The van der Waals surface area contributed by atoms with E-state index in [0.29, 0.717) is 17.4 Å². The predicted molar refractivity (Wildman–Crippen MR) is 79.9 cm³/mol. The maximum atomic E-state index is 6.00. The molecule has 1 aromatic heterocycles. The summed E-state index contributed by atoms with van der Waals surface area (Å²) in [6.45, 7) is 2.79. The Kier molecular flexibility index (Phi) is 4.22. The Morgan fingerprint density at radius 3 is 2.74 bits per heavy atom. The van der Waals surface area contributed by atoms with E-state index in [-0.39, 0.29) is 0 Å². The number of hydrogen-bond donors (Lipinski definition) is 1. The van der Waals surface area contributed by atoms with E-state index in [1.54, 1.807) is 6.20 Å². The third kappa shape index (κ3) is 3.35. The summed E-state index contributed by atoms with van der Waals surface area (Å²) in [6, 6.07) is 6.39. The van der Waals surface area contributed by atoms with E-state index in [1.807, 2.05) is 14.1 Å². The molecule has 0 aliphatic rings. The first-order chi connectivity index (χ1) is 9.08. The normalized spacial score (nSPS) is 10.3. The molecule has 0 saturated heterocycles. The van der Waals surface area contributed by atoms with E-state index >= 15 is 0 Å². The van der Waals surface area contributed by atoms with Crippen LogP contribution in [0.3, 0.4) is 0 Å². The van der Waals surface area contributed by atoms with Crippen LogP contribution in [0.4, 0.5) is 11.5 Å². The second-order valence-electron chi connectivity index (χ2n) is 4.58. The van der Waals surface area contributed by atoms with Crippen molar-refractivity contribution in [2.75, 3.05) is 24.3 Å². The maximum Gasteiger partial charge on any atom is 0.148 e. The quantitative estimate of drug-likeness (QED) is 0.932. The van der Waals surface area contributed by atoms with Gasteiger partial charge in [0.05, 0.1) is 6.20 Å². The number of anilines is 2. The molecule has 19 heavy (non-hydrogen) atoms. The largest absolute Gasteiger partial charge is 0.378 e. The standard InChI is InChI=1S/C14H17ClN4/c1-10-6-12(19(2)3)5-4-11(10)7-17-14-13(15)8-16-9-18-14/h4-6,8-9H,7H2,1-3H3,(H,16,17,18). The SMILES string of the molecule is Cc1cc(N(C)C)ccc1CNc1ncncc1Cl. The fourth-order valence-corrected chi connectivity index (χ4v) is 1.95. The number of aromatic nitrogens is 2. The highest BCUT2D eigenvalue weighted by Gasteiger charge is 2.04. The summed E-state index contributed by atoms with van der Waals surface area (Å²) in [5, 5.41) is 3.75. The summed E-state index contributed by atoms with van der Waals surface area (Å²) < 4.78 is 0. The second kappa shape index (κ2) is 5.89. The lowest BCUT2D eigenvalue weighted by atomic mass is 10.1. The van der Waals surface area contributed by atoms with Crippen molar-refractivity contribution in [2.45, 2.75) is 13.5 Å². The van der Waals surface area contributed by atoms with Crippen LogP contribution in [0, 0.1) is 6.92 Å². The summed E-state index contributed by atoms with van der Waals surface area (Å²) in [6.07, 6.45) is 3.06. The van der Waals surface area contributed by atoms with Gasteiger partial charge in [-0.05, 0) is 30.2 Å². The van der Waals surface area contributed by atoms with Crippen molar-refractivity contribution in [1.29, 1.82) is 0 Å². The summed E-state index contributed by atoms with van der Waals surface area (Å²) in [5.41, 5.74) is 3.66. The van der Waals surface area contributed by atoms with Crippen molar-refractivity contribution >= 4 is 23.1 Å². The lowest BCUT2D eigenvalue weighted by molar-refractivity contribution is 1.06. The van der Waals surface area contributed by atoms with E-state index in [1.165, 1.54) is 23.1 Å². The van der Waals surface area contributed by atoms with Gasteiger partial charge in [-0.1, -0.05) is 17.7 Å². The van der Waals surface area contributed by atoms with Crippen LogP contribution in [-0.4, -0.2) is 24.1 Å². The highest BCUT2D eigenvalue weighted by molar-refractivity contribution is 6.32. The molecule has 0 saturated carbocycles. The second-order valence-corrected chi connectivity index (χ2v) is 4.99. The fraction of sp³-hybridized carbons (Fsp3) is 0.286. The lowest BCUT2D eigenvalue weighted by Gasteiger charge is -2.15. The smallest absolute Gasteiger partial charge is 0.148 e. The van der Waals surface area contributed by atoms with E-state index in [9.17, 15) is 0 Å². The Balaban J connectivity index is 2.10. The van der Waals surface area contributed by atoms with Crippen LogP contribution in [0.25, 0.3) is 0 Å². The molecule has 0 amide bonds. The van der Waals surface area contributed by atoms with Gasteiger partial charge < -0.3 is 10.2 Å². The molecule has 2 aromatic rings. The van der Waals surface area contributed by atoms with Crippen molar-refractivity contribution in [2.24, 2.45) is 0 Å². The van der Waals surface area contributed by atoms with Crippen molar-refractivity contribution < 1.29 is 0 Å². The molecular formula is C14H17ClN4. The van der Waals surface area contributed by atoms with Crippen LogP contribution in [-0.2, 0) is 6.54 Å². The van der Waals surface area contributed by atoms with Gasteiger partial charge >= 0.3 is 0 Å². The lowest BCUT2D eigenvalue weighted by Crippen LogP contribution is -2.10. The summed E-state index contributed by atoms with van der Waals surface area (Å²) in [7, 11) is 4.07. The van der Waals surface area contributed by atoms with Crippen LogP contribution in [0.1, 0.15) is 11.1 Å². The van der Waals surface area contributed by atoms with Gasteiger partial charge in [0.2, 0.25) is 0 Å². The molecule has 4 nitrogen and oxygen atoms in total. The van der Waals surface area contributed by atoms with E-state index < -0.39 is 0 Å². The first-order valence-electron chi connectivity index (χ1n) is 6.04.